The fourth-order valence-corrected chi connectivity index (χ4v) is 8.27. The number of fused-ring (bicyclic) bond motifs is 6. The van der Waals surface area contributed by atoms with Crippen LogP contribution in [0.3, 0.4) is 0 Å². The van der Waals surface area contributed by atoms with Crippen molar-refractivity contribution in [3.05, 3.63) is 166 Å². The third-order valence-corrected chi connectivity index (χ3v) is 10.9. The first kappa shape index (κ1) is 38.7. The van der Waals surface area contributed by atoms with E-state index in [0.29, 0.717) is 83.7 Å². The highest BCUT2D eigenvalue weighted by Gasteiger charge is 2.38. The summed E-state index contributed by atoms with van der Waals surface area (Å²) in [4.78, 5) is 0. The van der Waals surface area contributed by atoms with Crippen LogP contribution in [0.1, 0.15) is 38.9 Å². The normalized spacial score (nSPS) is 11.6. The summed E-state index contributed by atoms with van der Waals surface area (Å²) in [5, 5.41) is 52.5. The van der Waals surface area contributed by atoms with Crippen molar-refractivity contribution in [2.75, 3.05) is 0 Å². The third-order valence-electron chi connectivity index (χ3n) is 10.9. The van der Waals surface area contributed by atoms with E-state index in [-0.39, 0.29) is 34.0 Å². The number of halogens is 6. The molecular weight excluding hydrogens is 801 g/mol. The Balaban J connectivity index is 1.51. The van der Waals surface area contributed by atoms with E-state index in [1.165, 1.54) is 18.2 Å². The molecule has 2 heterocycles. The minimum absolute atomic E-state index is 0.0100. The summed E-state index contributed by atoms with van der Waals surface area (Å²) in [7, 11) is 0. The highest BCUT2D eigenvalue weighted by atomic mass is 19.4. The van der Waals surface area contributed by atoms with Crippen LogP contribution in [0.4, 0.5) is 26.3 Å². The second kappa shape index (κ2) is 14.2. The molecule has 0 aliphatic carbocycles. The van der Waals surface area contributed by atoms with Gasteiger partial charge in [0.05, 0.1) is 103 Å². The average molecular weight is 822 g/mol. The monoisotopic (exact) mass is 821 g/mol. The first-order chi connectivity index (χ1) is 29.8. The van der Waals surface area contributed by atoms with Crippen molar-refractivity contribution >= 4 is 43.6 Å². The largest absolute Gasteiger partial charge is 0.416 e. The number of alkyl halides is 6. The molecule has 0 unspecified atom stereocenters. The number of rotatable bonds is 4. The molecule has 7 aromatic carbocycles. The Kier molecular flexibility index (Phi) is 8.84. The van der Waals surface area contributed by atoms with Gasteiger partial charge in [0.1, 0.15) is 0 Å². The molecule has 0 amide bonds. The highest BCUT2D eigenvalue weighted by molar-refractivity contribution is 6.13. The van der Waals surface area contributed by atoms with Crippen molar-refractivity contribution in [1.82, 2.24) is 9.13 Å². The van der Waals surface area contributed by atoms with Gasteiger partial charge in [-0.2, -0.15) is 52.7 Å². The van der Waals surface area contributed by atoms with Gasteiger partial charge in [0.15, 0.2) is 0 Å². The maximum Gasteiger partial charge on any atom is 0.416 e. The quantitative estimate of drug-likeness (QED) is 0.163. The lowest BCUT2D eigenvalue weighted by molar-refractivity contribution is -0.143. The SMILES string of the molecule is N#Cc1ccc2c(c1)c1cc(C#N)ccc1n2-c1cccc(C#N)c1-c1c(-c2cc(C(F)(F)F)cc(C(F)(F)F)c2)cccc1-n1c2ccc(C#N)cc2c2cc(C#N)ccc21. The Bertz CT molecular complexity index is 3450. The number of aromatic nitrogens is 2. The molecule has 0 N–H and O–H groups in total. The van der Waals surface area contributed by atoms with Crippen molar-refractivity contribution in [1.29, 1.82) is 26.3 Å². The standard InChI is InChI=1S/C49H21F6N7/c50-48(51,52)33-19-32(20-34(21-33)49(53,54)55)35-4-2-6-45(62-42-13-9-29(24-58)17-38(42)39-18-30(25-59)10-14-43(39)62)47(35)46-31(26-60)3-1-5-44(46)61-40-11-7-27(22-56)15-36(40)37-16-28(23-57)8-12-41(37)61/h1-21H. The highest BCUT2D eigenvalue weighted by Crippen LogP contribution is 2.48. The number of benzene rings is 7. The lowest BCUT2D eigenvalue weighted by Gasteiger charge is -2.23. The summed E-state index contributed by atoms with van der Waals surface area (Å²) in [6.45, 7) is 0. The smallest absolute Gasteiger partial charge is 0.309 e. The van der Waals surface area contributed by atoms with Crippen molar-refractivity contribution in [3.63, 3.8) is 0 Å². The topological polar surface area (TPSA) is 129 Å². The van der Waals surface area contributed by atoms with E-state index < -0.39 is 29.0 Å². The Morgan fingerprint density at radius 3 is 1.11 bits per heavy atom. The van der Waals surface area contributed by atoms with Crippen molar-refractivity contribution in [2.24, 2.45) is 0 Å². The predicted molar refractivity (Wildman–Crippen MR) is 220 cm³/mol. The minimum Gasteiger partial charge on any atom is -0.309 e. The molecule has 0 aliphatic rings. The van der Waals surface area contributed by atoms with Crippen LogP contribution in [0, 0.1) is 56.7 Å². The number of hydrogen-bond donors (Lipinski definition) is 0. The minimum atomic E-state index is -5.18. The average Bonchev–Trinajstić information content (AvgIpc) is 3.78. The molecule has 9 aromatic rings. The number of nitriles is 5. The van der Waals surface area contributed by atoms with Crippen LogP contribution < -0.4 is 0 Å². The molecule has 0 saturated heterocycles. The van der Waals surface area contributed by atoms with Gasteiger partial charge in [-0.25, -0.2) is 0 Å². The van der Waals surface area contributed by atoms with E-state index in [1.807, 2.05) is 0 Å². The van der Waals surface area contributed by atoms with Gasteiger partial charge in [0.25, 0.3) is 0 Å². The van der Waals surface area contributed by atoms with Gasteiger partial charge in [0.2, 0.25) is 0 Å². The molecular formula is C49H21F6N7. The summed E-state index contributed by atoms with van der Waals surface area (Å²) < 4.78 is 90.6. The first-order valence-corrected chi connectivity index (χ1v) is 18.5. The molecule has 13 heteroatoms. The van der Waals surface area contributed by atoms with Crippen molar-refractivity contribution in [2.45, 2.75) is 12.4 Å². The van der Waals surface area contributed by atoms with Crippen LogP contribution in [0.25, 0.3) is 77.2 Å². The van der Waals surface area contributed by atoms with E-state index in [1.54, 1.807) is 100 Å². The maximum atomic E-state index is 14.5. The summed E-state index contributed by atoms with van der Waals surface area (Å²) in [5.41, 5.74) is 0.371. The van der Waals surface area contributed by atoms with Crippen molar-refractivity contribution < 1.29 is 26.3 Å². The van der Waals surface area contributed by atoms with Crippen LogP contribution in [0.5, 0.6) is 0 Å². The zero-order chi connectivity index (χ0) is 43.7. The van der Waals surface area contributed by atoms with Gasteiger partial charge in [-0.3, -0.25) is 0 Å². The molecule has 294 valence electrons. The van der Waals surface area contributed by atoms with Gasteiger partial charge in [-0.1, -0.05) is 18.2 Å². The Hall–Kier alpha value is -8.83. The fraction of sp³-hybridized carbons (Fsp3) is 0.0408. The lowest BCUT2D eigenvalue weighted by atomic mass is 9.87. The molecule has 0 atom stereocenters. The molecule has 9 rings (SSSR count). The van der Waals surface area contributed by atoms with E-state index in [9.17, 15) is 52.7 Å². The Labute approximate surface area is 347 Å². The van der Waals surface area contributed by atoms with E-state index in [0.717, 1.165) is 0 Å². The van der Waals surface area contributed by atoms with E-state index in [2.05, 4.69) is 30.3 Å². The van der Waals surface area contributed by atoms with Gasteiger partial charge in [-0.05, 0) is 120 Å². The van der Waals surface area contributed by atoms with Gasteiger partial charge in [-0.15, -0.1) is 0 Å². The molecule has 7 nitrogen and oxygen atoms in total. The lowest BCUT2D eigenvalue weighted by Crippen LogP contribution is -2.11. The summed E-state index contributed by atoms with van der Waals surface area (Å²) in [6, 6.07) is 40.8. The van der Waals surface area contributed by atoms with Crippen LogP contribution in [0.15, 0.2) is 127 Å². The first-order valence-electron chi connectivity index (χ1n) is 18.5. The number of hydrogen-bond acceptors (Lipinski definition) is 5. The molecule has 0 bridgehead atoms. The predicted octanol–water partition coefficient (Wildman–Crippen LogP) is 12.6. The number of nitrogens with zero attached hydrogens (tertiary/aromatic N) is 7. The maximum absolute atomic E-state index is 14.5. The molecule has 0 fully saturated rings. The van der Waals surface area contributed by atoms with Gasteiger partial charge < -0.3 is 9.13 Å². The van der Waals surface area contributed by atoms with Gasteiger partial charge >= 0.3 is 12.4 Å². The van der Waals surface area contributed by atoms with Crippen molar-refractivity contribution in [3.8, 4) is 64.0 Å². The second-order valence-corrected chi connectivity index (χ2v) is 14.4. The van der Waals surface area contributed by atoms with Crippen LogP contribution in [-0.4, -0.2) is 9.13 Å². The second-order valence-electron chi connectivity index (χ2n) is 14.4. The molecule has 62 heavy (non-hydrogen) atoms. The van der Waals surface area contributed by atoms with E-state index >= 15 is 0 Å². The Morgan fingerprint density at radius 2 is 0.758 bits per heavy atom. The molecule has 0 saturated carbocycles. The Morgan fingerprint density at radius 1 is 0.387 bits per heavy atom. The molecule has 0 aliphatic heterocycles. The van der Waals surface area contributed by atoms with E-state index in [4.69, 9.17) is 0 Å². The van der Waals surface area contributed by atoms with Crippen LogP contribution in [0.2, 0.25) is 0 Å². The zero-order valence-corrected chi connectivity index (χ0v) is 31.5. The summed E-state index contributed by atoms with van der Waals surface area (Å²) in [5.74, 6) is 0. The van der Waals surface area contributed by atoms with Crippen LogP contribution >= 0.6 is 0 Å². The third kappa shape index (κ3) is 6.11. The van der Waals surface area contributed by atoms with Crippen LogP contribution in [-0.2, 0) is 12.4 Å². The fourth-order valence-electron chi connectivity index (χ4n) is 8.27. The summed E-state index contributed by atoms with van der Waals surface area (Å²) >= 11 is 0. The summed E-state index contributed by atoms with van der Waals surface area (Å²) in [6.07, 6.45) is -10.4. The molecule has 2 aromatic heterocycles. The molecule has 0 spiro atoms. The zero-order valence-electron chi connectivity index (χ0n) is 31.5. The van der Waals surface area contributed by atoms with Gasteiger partial charge in [0, 0.05) is 32.7 Å². The molecule has 0 radical (unpaired) electrons.